The third kappa shape index (κ3) is 4.67. The van der Waals surface area contributed by atoms with E-state index in [-0.39, 0.29) is 5.54 Å². The monoisotopic (exact) mass is 220 g/mol. The fourth-order valence-corrected chi connectivity index (χ4v) is 1.56. The van der Waals surface area contributed by atoms with E-state index in [4.69, 9.17) is 0 Å². The molecule has 0 spiro atoms. The Balaban J connectivity index is 2.40. The zero-order valence-electron chi connectivity index (χ0n) is 11.1. The predicted octanol–water partition coefficient (Wildman–Crippen LogP) is 3.10. The quantitative estimate of drug-likeness (QED) is 0.762. The summed E-state index contributed by atoms with van der Waals surface area (Å²) in [5, 5.41) is 6.93. The van der Waals surface area contributed by atoms with Crippen molar-refractivity contribution in [3.8, 4) is 0 Å². The maximum Gasteiger partial charge on any atom is 0.0372 e. The van der Waals surface area contributed by atoms with Gasteiger partial charge in [-0.15, -0.1) is 0 Å². The van der Waals surface area contributed by atoms with Crippen molar-refractivity contribution >= 4 is 5.69 Å². The van der Waals surface area contributed by atoms with Gasteiger partial charge in [-0.25, -0.2) is 0 Å². The Morgan fingerprint density at radius 3 is 2.38 bits per heavy atom. The SMILES string of the molecule is Cc1ccc(C)c(NCCNC(C)(C)C)c1. The lowest BCUT2D eigenvalue weighted by Crippen LogP contribution is -2.38. The topological polar surface area (TPSA) is 24.1 Å². The van der Waals surface area contributed by atoms with E-state index in [1.165, 1.54) is 16.8 Å². The first-order valence-electron chi connectivity index (χ1n) is 5.95. The van der Waals surface area contributed by atoms with E-state index in [9.17, 15) is 0 Å². The number of hydrogen-bond acceptors (Lipinski definition) is 2. The lowest BCUT2D eigenvalue weighted by Gasteiger charge is -2.21. The van der Waals surface area contributed by atoms with Gasteiger partial charge in [-0.3, -0.25) is 0 Å². The van der Waals surface area contributed by atoms with E-state index < -0.39 is 0 Å². The summed E-state index contributed by atoms with van der Waals surface area (Å²) in [5.41, 5.74) is 4.05. The molecule has 0 unspecified atom stereocenters. The molecule has 0 aliphatic heterocycles. The molecule has 2 nitrogen and oxygen atoms in total. The number of nitrogens with one attached hydrogen (secondary N) is 2. The Labute approximate surface area is 99.5 Å². The third-order valence-electron chi connectivity index (χ3n) is 2.49. The van der Waals surface area contributed by atoms with Crippen molar-refractivity contribution in [2.75, 3.05) is 18.4 Å². The highest BCUT2D eigenvalue weighted by Gasteiger charge is 2.07. The number of aryl methyl sites for hydroxylation is 2. The molecule has 16 heavy (non-hydrogen) atoms. The van der Waals surface area contributed by atoms with E-state index in [1.807, 2.05) is 0 Å². The number of benzene rings is 1. The van der Waals surface area contributed by atoms with Crippen LogP contribution in [0.15, 0.2) is 18.2 Å². The summed E-state index contributed by atoms with van der Waals surface area (Å²) in [7, 11) is 0. The van der Waals surface area contributed by atoms with Gasteiger partial charge in [-0.05, 0) is 51.8 Å². The molecule has 90 valence electrons. The van der Waals surface area contributed by atoms with Crippen molar-refractivity contribution in [1.29, 1.82) is 0 Å². The van der Waals surface area contributed by atoms with Gasteiger partial charge in [-0.1, -0.05) is 12.1 Å². The lowest BCUT2D eigenvalue weighted by atomic mass is 10.1. The molecule has 0 amide bonds. The number of anilines is 1. The second kappa shape index (κ2) is 5.35. The zero-order valence-corrected chi connectivity index (χ0v) is 11.1. The Hall–Kier alpha value is -1.02. The maximum atomic E-state index is 3.46. The summed E-state index contributed by atoms with van der Waals surface area (Å²) in [6, 6.07) is 6.51. The van der Waals surface area contributed by atoms with Crippen LogP contribution in [-0.4, -0.2) is 18.6 Å². The smallest absolute Gasteiger partial charge is 0.0372 e. The average Bonchev–Trinajstić information content (AvgIpc) is 2.16. The van der Waals surface area contributed by atoms with Crippen LogP contribution in [0.2, 0.25) is 0 Å². The minimum Gasteiger partial charge on any atom is -0.384 e. The van der Waals surface area contributed by atoms with Crippen LogP contribution >= 0.6 is 0 Å². The van der Waals surface area contributed by atoms with Crippen molar-refractivity contribution in [2.45, 2.75) is 40.2 Å². The number of hydrogen-bond donors (Lipinski definition) is 2. The molecule has 2 heteroatoms. The second-order valence-corrected chi connectivity index (χ2v) is 5.42. The van der Waals surface area contributed by atoms with Crippen LogP contribution in [0, 0.1) is 13.8 Å². The molecule has 0 heterocycles. The molecule has 0 saturated heterocycles. The summed E-state index contributed by atoms with van der Waals surface area (Å²) >= 11 is 0. The molecule has 0 saturated carbocycles. The molecule has 0 aliphatic rings. The third-order valence-corrected chi connectivity index (χ3v) is 2.49. The van der Waals surface area contributed by atoms with Crippen molar-refractivity contribution in [3.05, 3.63) is 29.3 Å². The summed E-state index contributed by atoms with van der Waals surface area (Å²) in [6.07, 6.45) is 0. The Morgan fingerprint density at radius 2 is 1.75 bits per heavy atom. The van der Waals surface area contributed by atoms with Crippen molar-refractivity contribution in [2.24, 2.45) is 0 Å². The molecule has 1 rings (SSSR count). The van der Waals surface area contributed by atoms with Gasteiger partial charge in [0, 0.05) is 24.3 Å². The van der Waals surface area contributed by atoms with Crippen molar-refractivity contribution in [3.63, 3.8) is 0 Å². The van der Waals surface area contributed by atoms with Crippen LogP contribution in [0.4, 0.5) is 5.69 Å². The largest absolute Gasteiger partial charge is 0.384 e. The molecule has 0 aliphatic carbocycles. The van der Waals surface area contributed by atoms with Gasteiger partial charge in [0.2, 0.25) is 0 Å². The van der Waals surface area contributed by atoms with Gasteiger partial charge in [-0.2, -0.15) is 0 Å². The summed E-state index contributed by atoms with van der Waals surface area (Å²) in [5.74, 6) is 0. The van der Waals surface area contributed by atoms with Crippen LogP contribution in [0.3, 0.4) is 0 Å². The van der Waals surface area contributed by atoms with Gasteiger partial charge in [0.15, 0.2) is 0 Å². The van der Waals surface area contributed by atoms with Gasteiger partial charge >= 0.3 is 0 Å². The first-order valence-corrected chi connectivity index (χ1v) is 5.95. The molecule has 2 N–H and O–H groups in total. The predicted molar refractivity (Wildman–Crippen MR) is 72.2 cm³/mol. The average molecular weight is 220 g/mol. The minimum atomic E-state index is 0.198. The number of rotatable bonds is 4. The maximum absolute atomic E-state index is 3.46. The van der Waals surface area contributed by atoms with Crippen LogP contribution in [0.25, 0.3) is 0 Å². The highest BCUT2D eigenvalue weighted by atomic mass is 15.0. The molecule has 0 bridgehead atoms. The van der Waals surface area contributed by atoms with Gasteiger partial charge in [0.05, 0.1) is 0 Å². The van der Waals surface area contributed by atoms with Crippen LogP contribution in [-0.2, 0) is 0 Å². The Bertz CT molecular complexity index is 337. The van der Waals surface area contributed by atoms with E-state index >= 15 is 0 Å². The molecular weight excluding hydrogens is 196 g/mol. The van der Waals surface area contributed by atoms with E-state index in [0.29, 0.717) is 0 Å². The summed E-state index contributed by atoms with van der Waals surface area (Å²) in [6.45, 7) is 12.8. The lowest BCUT2D eigenvalue weighted by molar-refractivity contribution is 0.435. The van der Waals surface area contributed by atoms with Crippen LogP contribution < -0.4 is 10.6 Å². The standard InChI is InChI=1S/C14H24N2/c1-11-6-7-12(2)13(10-11)15-8-9-16-14(3,4)5/h6-7,10,15-16H,8-9H2,1-5H3. The normalized spacial score (nSPS) is 11.6. The van der Waals surface area contributed by atoms with Gasteiger partial charge < -0.3 is 10.6 Å². The zero-order chi connectivity index (χ0) is 12.2. The molecule has 1 aromatic rings. The van der Waals surface area contributed by atoms with E-state index in [2.05, 4.69) is 63.5 Å². The fourth-order valence-electron chi connectivity index (χ4n) is 1.56. The Morgan fingerprint density at radius 1 is 1.06 bits per heavy atom. The highest BCUT2D eigenvalue weighted by Crippen LogP contribution is 2.15. The first-order chi connectivity index (χ1) is 7.38. The van der Waals surface area contributed by atoms with E-state index in [0.717, 1.165) is 13.1 Å². The molecule has 0 fully saturated rings. The fraction of sp³-hybridized carbons (Fsp3) is 0.571. The van der Waals surface area contributed by atoms with Gasteiger partial charge in [0.1, 0.15) is 0 Å². The van der Waals surface area contributed by atoms with Gasteiger partial charge in [0.25, 0.3) is 0 Å². The van der Waals surface area contributed by atoms with E-state index in [1.54, 1.807) is 0 Å². The summed E-state index contributed by atoms with van der Waals surface area (Å²) < 4.78 is 0. The molecule has 0 radical (unpaired) electrons. The van der Waals surface area contributed by atoms with Crippen LogP contribution in [0.1, 0.15) is 31.9 Å². The molecular formula is C14H24N2. The van der Waals surface area contributed by atoms with Crippen LogP contribution in [0.5, 0.6) is 0 Å². The second-order valence-electron chi connectivity index (χ2n) is 5.42. The van der Waals surface area contributed by atoms with Crippen molar-refractivity contribution < 1.29 is 0 Å². The molecule has 0 atom stereocenters. The minimum absolute atomic E-state index is 0.198. The highest BCUT2D eigenvalue weighted by molar-refractivity contribution is 5.52. The first kappa shape index (κ1) is 13.0. The molecule has 1 aromatic carbocycles. The molecule has 0 aromatic heterocycles. The summed E-state index contributed by atoms with van der Waals surface area (Å²) in [4.78, 5) is 0. The Kier molecular flexibility index (Phi) is 4.36. The van der Waals surface area contributed by atoms with Crippen molar-refractivity contribution in [1.82, 2.24) is 5.32 Å².